The van der Waals surface area contributed by atoms with Crippen molar-refractivity contribution >= 4 is 45.8 Å². The molecule has 0 saturated heterocycles. The van der Waals surface area contributed by atoms with Crippen LogP contribution in [0.5, 0.6) is 0 Å². The van der Waals surface area contributed by atoms with Crippen molar-refractivity contribution in [2.75, 3.05) is 0 Å². The summed E-state index contributed by atoms with van der Waals surface area (Å²) >= 11 is 0. The molecule has 8 heteroatoms. The van der Waals surface area contributed by atoms with E-state index in [1.165, 1.54) is 70.6 Å². The summed E-state index contributed by atoms with van der Waals surface area (Å²) < 4.78 is 25.2. The number of nitrogens with two attached hydrogens (primary N) is 1. The van der Waals surface area contributed by atoms with Crippen molar-refractivity contribution in [2.45, 2.75) is 96.8 Å². The van der Waals surface area contributed by atoms with Gasteiger partial charge in [0.25, 0.3) is 0 Å². The van der Waals surface area contributed by atoms with Gasteiger partial charge in [0, 0.05) is 6.42 Å². The summed E-state index contributed by atoms with van der Waals surface area (Å²) in [5, 5.41) is 12.4. The van der Waals surface area contributed by atoms with Gasteiger partial charge in [-0.2, -0.15) is 8.42 Å². The molecular weight excluding hydrogens is 365 g/mol. The summed E-state index contributed by atoms with van der Waals surface area (Å²) in [5.74, 6) is -0.664. The van der Waals surface area contributed by atoms with Crippen LogP contribution in [0.25, 0.3) is 0 Å². The van der Waals surface area contributed by atoms with Gasteiger partial charge in [0.15, 0.2) is 0 Å². The van der Waals surface area contributed by atoms with Gasteiger partial charge < -0.3 is 5.11 Å². The number of aliphatic carboxylic acids is 1. The van der Waals surface area contributed by atoms with Crippen LogP contribution >= 0.6 is 0 Å². The fourth-order valence-electron chi connectivity index (χ4n) is 2.35. The molecule has 0 fully saturated rings. The van der Waals surface area contributed by atoms with Crippen LogP contribution in [0, 0.1) is 0 Å². The molecule has 26 heavy (non-hydrogen) atoms. The molecule has 0 aromatic carbocycles. The second kappa shape index (κ2) is 23.1. The van der Waals surface area contributed by atoms with Gasteiger partial charge in [-0.1, -0.05) is 70.4 Å². The Morgan fingerprint density at radius 2 is 1.19 bits per heavy atom. The Labute approximate surface area is 182 Å². The van der Waals surface area contributed by atoms with Crippen molar-refractivity contribution in [3.63, 3.8) is 0 Å². The fraction of sp³-hybridized carbons (Fsp3) is 0.833. The van der Waals surface area contributed by atoms with E-state index in [1.807, 2.05) is 0 Å². The summed E-state index contributed by atoms with van der Waals surface area (Å²) in [6, 6.07) is 0. The zero-order valence-electron chi connectivity index (χ0n) is 15.7. The third kappa shape index (κ3) is 44.0. The van der Waals surface area contributed by atoms with Crippen molar-refractivity contribution in [3.8, 4) is 0 Å². The van der Waals surface area contributed by atoms with Crippen LogP contribution in [0.4, 0.5) is 0 Å². The van der Waals surface area contributed by atoms with E-state index in [4.69, 9.17) is 18.1 Å². The molecule has 0 heterocycles. The molecule has 6 nitrogen and oxygen atoms in total. The number of carbonyl (C=O) groups is 1. The average molecular weight is 404 g/mol. The molecule has 0 rings (SSSR count). The fourth-order valence-corrected chi connectivity index (χ4v) is 2.35. The van der Waals surface area contributed by atoms with Crippen LogP contribution < -0.4 is 5.14 Å². The minimum atomic E-state index is -4.17. The SMILES string of the molecule is CCCCCCCC/C=C\CCCCCCCC(=O)O.NS(=O)(=O)O.[NaH]. The van der Waals surface area contributed by atoms with Crippen LogP contribution in [0.2, 0.25) is 0 Å². The molecule has 152 valence electrons. The van der Waals surface area contributed by atoms with Crippen molar-refractivity contribution in [1.82, 2.24) is 0 Å². The second-order valence-corrected chi connectivity index (χ2v) is 7.27. The Morgan fingerprint density at radius 3 is 1.58 bits per heavy atom. The van der Waals surface area contributed by atoms with Gasteiger partial charge in [0.2, 0.25) is 0 Å². The van der Waals surface area contributed by atoms with E-state index in [0.29, 0.717) is 6.42 Å². The van der Waals surface area contributed by atoms with Crippen LogP contribution in [-0.2, 0) is 15.1 Å². The van der Waals surface area contributed by atoms with Crippen molar-refractivity contribution in [3.05, 3.63) is 12.2 Å². The third-order valence-electron chi connectivity index (χ3n) is 3.65. The van der Waals surface area contributed by atoms with Crippen LogP contribution in [0.1, 0.15) is 96.8 Å². The van der Waals surface area contributed by atoms with Gasteiger partial charge in [-0.15, -0.1) is 0 Å². The van der Waals surface area contributed by atoms with E-state index >= 15 is 0 Å². The number of rotatable bonds is 15. The first-order valence-electron chi connectivity index (χ1n) is 9.39. The summed E-state index contributed by atoms with van der Waals surface area (Å²) in [7, 11) is -4.17. The third-order valence-corrected chi connectivity index (χ3v) is 3.65. The van der Waals surface area contributed by atoms with Crippen LogP contribution in [0.15, 0.2) is 12.2 Å². The molecule has 0 spiro atoms. The van der Waals surface area contributed by atoms with E-state index in [2.05, 4.69) is 24.2 Å². The summed E-state index contributed by atoms with van der Waals surface area (Å²) in [5.41, 5.74) is 0. The maximum atomic E-state index is 10.3. The second-order valence-electron chi connectivity index (χ2n) is 6.24. The Balaban J connectivity index is -0.000000772. The minimum absolute atomic E-state index is 0. The van der Waals surface area contributed by atoms with Gasteiger partial charge in [-0.05, 0) is 32.1 Å². The molecule has 0 unspecified atom stereocenters. The van der Waals surface area contributed by atoms with Crippen molar-refractivity contribution in [2.24, 2.45) is 5.14 Å². The van der Waals surface area contributed by atoms with E-state index in [9.17, 15) is 4.79 Å². The monoisotopic (exact) mass is 403 g/mol. The van der Waals surface area contributed by atoms with E-state index < -0.39 is 16.3 Å². The van der Waals surface area contributed by atoms with Crippen LogP contribution in [-0.4, -0.2) is 53.6 Å². The van der Waals surface area contributed by atoms with Gasteiger partial charge >= 0.3 is 45.8 Å². The first kappa shape index (κ1) is 30.8. The quantitative estimate of drug-likeness (QED) is 0.164. The Hall–Kier alpha value is 0.0800. The summed E-state index contributed by atoms with van der Waals surface area (Å²) in [6.07, 6.45) is 21.2. The topological polar surface area (TPSA) is 118 Å². The summed E-state index contributed by atoms with van der Waals surface area (Å²) in [4.78, 5) is 10.3. The first-order valence-corrected chi connectivity index (χ1v) is 10.9. The molecular formula is C18H38NNaO5S. The Bertz CT molecular complexity index is 419. The molecule has 0 saturated carbocycles. The van der Waals surface area contributed by atoms with Gasteiger partial charge in [0.05, 0.1) is 0 Å². The molecule has 0 amide bonds. The first-order chi connectivity index (χ1) is 11.8. The average Bonchev–Trinajstić information content (AvgIpc) is 2.49. The maximum absolute atomic E-state index is 10.3. The van der Waals surface area contributed by atoms with E-state index in [-0.39, 0.29) is 29.6 Å². The van der Waals surface area contributed by atoms with Gasteiger partial charge in [-0.3, -0.25) is 9.35 Å². The Kier molecular flexibility index (Phi) is 27.4. The van der Waals surface area contributed by atoms with E-state index in [0.717, 1.165) is 12.8 Å². The molecule has 0 atom stereocenters. The number of carboxylic acid groups (broad SMARTS) is 1. The molecule has 0 radical (unpaired) electrons. The van der Waals surface area contributed by atoms with E-state index in [1.54, 1.807) is 0 Å². The number of hydrogen-bond donors (Lipinski definition) is 3. The standard InChI is InChI=1S/C18H34O2.H3NO3S.Na.H/c1-2-3-4-5-6-7-8-9-10-11-12-13-14-15-16-17-18(19)20;1-5(2,3)4;;/h9-10H,2-8,11-17H2,1H3,(H,19,20);(H3,1,2,3,4);;/b10-9-;;;. The Morgan fingerprint density at radius 1 is 0.846 bits per heavy atom. The van der Waals surface area contributed by atoms with Gasteiger partial charge in [0.1, 0.15) is 0 Å². The molecule has 0 aromatic heterocycles. The zero-order chi connectivity index (χ0) is 19.4. The predicted octanol–water partition coefficient (Wildman–Crippen LogP) is 4.21. The molecule has 0 aliphatic heterocycles. The number of carboxylic acids is 1. The number of unbranched alkanes of at least 4 members (excludes halogenated alkanes) is 11. The molecule has 0 aliphatic rings. The molecule has 0 aliphatic carbocycles. The molecule has 0 bridgehead atoms. The number of hydrogen-bond acceptors (Lipinski definition) is 3. The van der Waals surface area contributed by atoms with Gasteiger partial charge in [-0.25, -0.2) is 5.14 Å². The predicted molar refractivity (Wildman–Crippen MR) is 110 cm³/mol. The summed E-state index contributed by atoms with van der Waals surface area (Å²) in [6.45, 7) is 2.26. The normalized spacial score (nSPS) is 10.9. The molecule has 4 N–H and O–H groups in total. The zero-order valence-corrected chi connectivity index (χ0v) is 16.5. The molecule has 0 aromatic rings. The van der Waals surface area contributed by atoms with Crippen LogP contribution in [0.3, 0.4) is 0 Å². The number of allylic oxidation sites excluding steroid dienone is 2. The van der Waals surface area contributed by atoms with Crippen molar-refractivity contribution in [1.29, 1.82) is 0 Å². The van der Waals surface area contributed by atoms with Crippen molar-refractivity contribution < 1.29 is 22.9 Å².